The second-order valence-electron chi connectivity index (χ2n) is 10.6. The van der Waals surface area contributed by atoms with Crippen LogP contribution in [-0.2, 0) is 27.6 Å². The lowest BCUT2D eigenvalue weighted by molar-refractivity contribution is -0.145. The average molecular weight is 546 g/mol. The molecule has 3 heterocycles. The minimum Gasteiger partial charge on any atom is -0.383 e. The number of pyridine rings is 2. The zero-order chi connectivity index (χ0) is 28.0. The molecule has 1 atom stereocenters. The van der Waals surface area contributed by atoms with E-state index in [1.165, 1.54) is 11.1 Å². The van der Waals surface area contributed by atoms with E-state index >= 15 is 0 Å². The first-order valence-electron chi connectivity index (χ1n) is 12.9. The number of hydrogen-bond acceptors (Lipinski definition) is 7. The fourth-order valence-corrected chi connectivity index (χ4v) is 4.87. The van der Waals surface area contributed by atoms with Crippen LogP contribution in [0.1, 0.15) is 24.2 Å². The maximum atomic E-state index is 13.6. The number of nitrogens with one attached hydrogen (secondary N) is 1. The van der Waals surface area contributed by atoms with Gasteiger partial charge in [-0.3, -0.25) is 14.6 Å². The molecule has 10 nitrogen and oxygen atoms in total. The van der Waals surface area contributed by atoms with Gasteiger partial charge < -0.3 is 20.7 Å². The average Bonchev–Trinajstić information content (AvgIpc) is 3.36. The second-order valence-corrected chi connectivity index (χ2v) is 16.2. The number of anilines is 2. The van der Waals surface area contributed by atoms with Crippen LogP contribution in [0.25, 0.3) is 10.9 Å². The van der Waals surface area contributed by atoms with Gasteiger partial charge in [-0.05, 0) is 30.7 Å². The molecule has 1 aromatic carbocycles. The molecule has 0 radical (unpaired) electrons. The molecule has 0 aliphatic rings. The number of nitrogens with zero attached hydrogens (tertiary/aromatic N) is 5. The highest BCUT2D eigenvalue weighted by atomic mass is 28.3. The van der Waals surface area contributed by atoms with Crippen molar-refractivity contribution >= 4 is 42.3 Å². The number of benzene rings is 1. The number of carbonyl (C=O) groups is 2. The van der Waals surface area contributed by atoms with Gasteiger partial charge >= 0.3 is 11.8 Å². The number of ether oxygens (including phenoxy) is 1. The van der Waals surface area contributed by atoms with Gasteiger partial charge in [0.05, 0.1) is 47.3 Å². The first kappa shape index (κ1) is 27.9. The molecule has 2 amide bonds. The van der Waals surface area contributed by atoms with Crippen molar-refractivity contribution in [3.05, 3.63) is 78.4 Å². The minimum absolute atomic E-state index is 0.168. The van der Waals surface area contributed by atoms with Gasteiger partial charge in [0.15, 0.2) is 0 Å². The van der Waals surface area contributed by atoms with E-state index in [0.29, 0.717) is 28.9 Å². The largest absolute Gasteiger partial charge is 0.383 e. The van der Waals surface area contributed by atoms with Crippen molar-refractivity contribution in [2.45, 2.75) is 51.9 Å². The van der Waals surface area contributed by atoms with E-state index in [1.807, 2.05) is 49.4 Å². The molecule has 0 spiro atoms. The molecule has 4 rings (SSSR count). The molecule has 3 N–H and O–H groups in total. The van der Waals surface area contributed by atoms with Crippen LogP contribution in [0.5, 0.6) is 0 Å². The molecular weight excluding hydrogens is 510 g/mol. The Morgan fingerprint density at radius 3 is 2.51 bits per heavy atom. The van der Waals surface area contributed by atoms with Gasteiger partial charge in [-0.2, -0.15) is 5.10 Å². The molecule has 0 saturated carbocycles. The summed E-state index contributed by atoms with van der Waals surface area (Å²) in [4.78, 5) is 37.0. The standard InChI is InChI=1S/C28H35N7O3Si/c1-20(21-10-6-5-7-11-21)34(18-22-12-8-9-13-30-22)28(37)27(36)33-24-17-31-26(29)23-16-32-35(25(23)24)19-38-14-15-39(2,3)4/h5-13,16-17,20H,14-15,18-19H2,1-4H3,(H2,29,31)(H,33,36). The Morgan fingerprint density at radius 1 is 1.08 bits per heavy atom. The van der Waals surface area contributed by atoms with E-state index in [-0.39, 0.29) is 25.1 Å². The van der Waals surface area contributed by atoms with Crippen molar-refractivity contribution in [3.63, 3.8) is 0 Å². The van der Waals surface area contributed by atoms with Crippen molar-refractivity contribution in [3.8, 4) is 0 Å². The molecule has 0 saturated heterocycles. The molecule has 39 heavy (non-hydrogen) atoms. The van der Waals surface area contributed by atoms with Gasteiger partial charge in [0.25, 0.3) is 0 Å². The quantitative estimate of drug-likeness (QED) is 0.171. The van der Waals surface area contributed by atoms with Crippen LogP contribution in [0.4, 0.5) is 11.5 Å². The topological polar surface area (TPSA) is 128 Å². The Bertz CT molecular complexity index is 1420. The third-order valence-corrected chi connectivity index (χ3v) is 8.13. The summed E-state index contributed by atoms with van der Waals surface area (Å²) >= 11 is 0. The first-order valence-corrected chi connectivity index (χ1v) is 16.6. The summed E-state index contributed by atoms with van der Waals surface area (Å²) in [6, 6.07) is 15.7. The molecule has 3 aromatic heterocycles. The van der Waals surface area contributed by atoms with Gasteiger partial charge in [-0.25, -0.2) is 9.67 Å². The van der Waals surface area contributed by atoms with Gasteiger partial charge in [-0.15, -0.1) is 0 Å². The third kappa shape index (κ3) is 7.06. The fraction of sp³-hybridized carbons (Fsp3) is 0.321. The smallest absolute Gasteiger partial charge is 0.314 e. The van der Waals surface area contributed by atoms with Crippen LogP contribution in [0, 0.1) is 0 Å². The van der Waals surface area contributed by atoms with Gasteiger partial charge in [0, 0.05) is 20.9 Å². The predicted octanol–water partition coefficient (Wildman–Crippen LogP) is 4.45. The van der Waals surface area contributed by atoms with E-state index < -0.39 is 19.9 Å². The number of aromatic nitrogens is 4. The lowest BCUT2D eigenvalue weighted by Crippen LogP contribution is -2.41. The number of rotatable bonds is 10. The van der Waals surface area contributed by atoms with Crippen LogP contribution < -0.4 is 11.1 Å². The van der Waals surface area contributed by atoms with Gasteiger partial charge in [0.2, 0.25) is 0 Å². The van der Waals surface area contributed by atoms with Gasteiger partial charge in [0.1, 0.15) is 12.5 Å². The van der Waals surface area contributed by atoms with Gasteiger partial charge in [-0.1, -0.05) is 56.0 Å². The molecule has 0 aliphatic heterocycles. The molecule has 0 aliphatic carbocycles. The van der Waals surface area contributed by atoms with Crippen LogP contribution in [0.15, 0.2) is 67.1 Å². The summed E-state index contributed by atoms with van der Waals surface area (Å²) in [5, 5.41) is 7.70. The zero-order valence-corrected chi connectivity index (χ0v) is 23.8. The Kier molecular flexibility index (Phi) is 8.72. The van der Waals surface area contributed by atoms with Crippen LogP contribution in [-0.4, -0.2) is 51.1 Å². The summed E-state index contributed by atoms with van der Waals surface area (Å²) in [7, 11) is -1.25. The minimum atomic E-state index is -1.25. The Hall–Kier alpha value is -4.09. The van der Waals surface area contributed by atoms with E-state index in [0.717, 1.165) is 11.6 Å². The normalized spacial score (nSPS) is 12.3. The van der Waals surface area contributed by atoms with E-state index in [9.17, 15) is 9.59 Å². The SMILES string of the molecule is CC(c1ccccc1)N(Cc1ccccn1)C(=O)C(=O)Nc1cnc(N)c2cnn(COCC[Si](C)(C)C)c12. The lowest BCUT2D eigenvalue weighted by Gasteiger charge is -2.29. The summed E-state index contributed by atoms with van der Waals surface area (Å²) in [5.74, 6) is -1.22. The van der Waals surface area contributed by atoms with Crippen LogP contribution in [0.3, 0.4) is 0 Å². The Balaban J connectivity index is 1.58. The van der Waals surface area contributed by atoms with E-state index in [4.69, 9.17) is 10.5 Å². The maximum absolute atomic E-state index is 13.6. The molecule has 11 heteroatoms. The molecule has 204 valence electrons. The Labute approximate surface area is 229 Å². The monoisotopic (exact) mass is 545 g/mol. The maximum Gasteiger partial charge on any atom is 0.314 e. The first-order chi connectivity index (χ1) is 18.6. The fourth-order valence-electron chi connectivity index (χ4n) is 4.11. The molecular formula is C28H35N7O3Si. The summed E-state index contributed by atoms with van der Waals surface area (Å²) in [5.41, 5.74) is 8.53. The predicted molar refractivity (Wildman–Crippen MR) is 154 cm³/mol. The van der Waals surface area contributed by atoms with Crippen molar-refractivity contribution in [1.82, 2.24) is 24.6 Å². The molecule has 1 unspecified atom stereocenters. The second kappa shape index (κ2) is 12.2. The highest BCUT2D eigenvalue weighted by Gasteiger charge is 2.29. The van der Waals surface area contributed by atoms with Crippen molar-refractivity contribution in [2.75, 3.05) is 17.7 Å². The Morgan fingerprint density at radius 2 is 1.82 bits per heavy atom. The highest BCUT2D eigenvalue weighted by Crippen LogP contribution is 2.27. The number of hydrogen-bond donors (Lipinski definition) is 2. The van der Waals surface area contributed by atoms with Crippen molar-refractivity contribution < 1.29 is 14.3 Å². The summed E-state index contributed by atoms with van der Waals surface area (Å²) in [6.07, 6.45) is 4.68. The van der Waals surface area contributed by atoms with Crippen molar-refractivity contribution in [2.24, 2.45) is 0 Å². The number of fused-ring (bicyclic) bond motifs is 1. The number of carbonyl (C=O) groups excluding carboxylic acids is 2. The van der Waals surface area contributed by atoms with E-state index in [1.54, 1.807) is 23.1 Å². The summed E-state index contributed by atoms with van der Waals surface area (Å²) in [6.45, 7) is 9.70. The third-order valence-electron chi connectivity index (χ3n) is 6.42. The number of nitrogens with two attached hydrogens (primary N) is 1. The number of amides is 2. The van der Waals surface area contributed by atoms with Crippen LogP contribution >= 0.6 is 0 Å². The van der Waals surface area contributed by atoms with Crippen LogP contribution in [0.2, 0.25) is 25.7 Å². The highest BCUT2D eigenvalue weighted by molar-refractivity contribution is 6.76. The molecule has 4 aromatic rings. The lowest BCUT2D eigenvalue weighted by atomic mass is 10.1. The number of nitrogen functional groups attached to an aromatic ring is 1. The summed E-state index contributed by atoms with van der Waals surface area (Å²) < 4.78 is 7.49. The molecule has 0 bridgehead atoms. The van der Waals surface area contributed by atoms with Crippen molar-refractivity contribution in [1.29, 1.82) is 0 Å². The zero-order valence-electron chi connectivity index (χ0n) is 22.8. The molecule has 0 fully saturated rings. The van der Waals surface area contributed by atoms with E-state index in [2.05, 4.69) is 40.0 Å².